The number of carbonyl (C=O) groups excluding carboxylic acids is 3. The van der Waals surface area contributed by atoms with Crippen molar-refractivity contribution in [3.63, 3.8) is 0 Å². The number of hydrogen-bond acceptors (Lipinski definition) is 4. The Morgan fingerprint density at radius 3 is 2.33 bits per heavy atom. The molecule has 0 aromatic heterocycles. The quantitative estimate of drug-likeness (QED) is 0.475. The van der Waals surface area contributed by atoms with Crippen LogP contribution in [0.25, 0.3) is 0 Å². The van der Waals surface area contributed by atoms with Gasteiger partial charge >= 0.3 is 11.9 Å². The molecule has 0 unspecified atom stereocenters. The zero-order chi connectivity index (χ0) is 11.8. The lowest BCUT2D eigenvalue weighted by molar-refractivity contribution is -0.154. The maximum absolute atomic E-state index is 11.1. The molecule has 0 bridgehead atoms. The fourth-order valence-electron chi connectivity index (χ4n) is 0.802. The van der Waals surface area contributed by atoms with Gasteiger partial charge in [-0.05, 0) is 20.8 Å². The summed E-state index contributed by atoms with van der Waals surface area (Å²) < 4.78 is 4.43. The van der Waals surface area contributed by atoms with Crippen molar-refractivity contribution in [1.82, 2.24) is 10.6 Å². The lowest BCUT2D eigenvalue weighted by atomic mass is 10.4. The summed E-state index contributed by atoms with van der Waals surface area (Å²) in [6, 6.07) is -0.00278. The highest BCUT2D eigenvalue weighted by molar-refractivity contribution is 6.32. The highest BCUT2D eigenvalue weighted by Gasteiger charge is 2.15. The van der Waals surface area contributed by atoms with Crippen molar-refractivity contribution in [1.29, 1.82) is 0 Å². The molecular formula is C9H16N2O4. The van der Waals surface area contributed by atoms with E-state index < -0.39 is 11.9 Å². The molecule has 6 heteroatoms. The fourth-order valence-corrected chi connectivity index (χ4v) is 0.802. The van der Waals surface area contributed by atoms with Crippen LogP contribution in [0, 0.1) is 0 Å². The molecule has 0 heterocycles. The molecule has 0 rings (SSSR count). The van der Waals surface area contributed by atoms with Crippen molar-refractivity contribution in [3.05, 3.63) is 0 Å². The second-order valence-corrected chi connectivity index (χ2v) is 3.13. The van der Waals surface area contributed by atoms with Crippen LogP contribution in [0.3, 0.4) is 0 Å². The van der Waals surface area contributed by atoms with Gasteiger partial charge in [0, 0.05) is 6.04 Å². The third-order valence-corrected chi connectivity index (χ3v) is 1.32. The Morgan fingerprint density at radius 1 is 1.27 bits per heavy atom. The number of rotatable bonds is 4. The highest BCUT2D eigenvalue weighted by atomic mass is 16.5. The molecule has 0 saturated carbocycles. The summed E-state index contributed by atoms with van der Waals surface area (Å²) in [5.41, 5.74) is 0. The molecule has 15 heavy (non-hydrogen) atoms. The molecule has 0 aliphatic heterocycles. The van der Waals surface area contributed by atoms with Gasteiger partial charge in [-0.15, -0.1) is 0 Å². The first kappa shape index (κ1) is 13.4. The molecule has 0 aromatic carbocycles. The lowest BCUT2D eigenvalue weighted by Crippen LogP contribution is -2.42. The molecule has 0 fully saturated rings. The molecule has 2 N–H and O–H groups in total. The summed E-state index contributed by atoms with van der Waals surface area (Å²) in [5, 5.41) is 4.71. The average Bonchev–Trinajstić information content (AvgIpc) is 2.13. The third kappa shape index (κ3) is 6.48. The van der Waals surface area contributed by atoms with E-state index in [-0.39, 0.29) is 25.1 Å². The molecule has 0 atom stereocenters. The Labute approximate surface area is 88.4 Å². The summed E-state index contributed by atoms with van der Waals surface area (Å²) in [6.45, 7) is 5.09. The number of ether oxygens (including phenoxy) is 1. The van der Waals surface area contributed by atoms with E-state index in [2.05, 4.69) is 15.4 Å². The summed E-state index contributed by atoms with van der Waals surface area (Å²) in [5.74, 6) is -2.23. The minimum atomic E-state index is -0.977. The Morgan fingerprint density at radius 2 is 1.87 bits per heavy atom. The van der Waals surface area contributed by atoms with Gasteiger partial charge in [-0.2, -0.15) is 0 Å². The molecule has 0 radical (unpaired) electrons. The molecule has 0 saturated heterocycles. The molecule has 0 spiro atoms. The first-order valence-electron chi connectivity index (χ1n) is 4.71. The Kier molecular flexibility index (Phi) is 6.08. The van der Waals surface area contributed by atoms with Crippen molar-refractivity contribution < 1.29 is 19.1 Å². The molecular weight excluding hydrogens is 200 g/mol. The van der Waals surface area contributed by atoms with Crippen LogP contribution < -0.4 is 10.6 Å². The number of carbonyl (C=O) groups is 3. The van der Waals surface area contributed by atoms with E-state index in [4.69, 9.17) is 0 Å². The van der Waals surface area contributed by atoms with Crippen LogP contribution in [-0.4, -0.2) is 37.0 Å². The van der Waals surface area contributed by atoms with Gasteiger partial charge in [0.05, 0.1) is 13.2 Å². The van der Waals surface area contributed by atoms with Crippen molar-refractivity contribution in [3.8, 4) is 0 Å². The number of esters is 1. The molecule has 0 aliphatic rings. The maximum Gasteiger partial charge on any atom is 0.396 e. The Hall–Kier alpha value is -1.59. The van der Waals surface area contributed by atoms with Crippen LogP contribution in [0.2, 0.25) is 0 Å². The first-order chi connectivity index (χ1) is 6.97. The van der Waals surface area contributed by atoms with Crippen LogP contribution in [0.1, 0.15) is 20.8 Å². The predicted molar refractivity (Wildman–Crippen MR) is 52.9 cm³/mol. The lowest BCUT2D eigenvalue weighted by Gasteiger charge is -2.08. The Bertz CT molecular complexity index is 250. The first-order valence-corrected chi connectivity index (χ1v) is 4.71. The SMILES string of the molecule is CCOC(=O)C(=O)NCC(=O)NC(C)C. The number of nitrogens with one attached hydrogen (secondary N) is 2. The molecule has 6 nitrogen and oxygen atoms in total. The fraction of sp³-hybridized carbons (Fsp3) is 0.667. The zero-order valence-corrected chi connectivity index (χ0v) is 9.12. The summed E-state index contributed by atoms with van der Waals surface area (Å²) in [4.78, 5) is 32.8. The summed E-state index contributed by atoms with van der Waals surface area (Å²) in [6.07, 6.45) is 0. The van der Waals surface area contributed by atoms with Crippen molar-refractivity contribution >= 4 is 17.8 Å². The van der Waals surface area contributed by atoms with Gasteiger partial charge in [-0.25, -0.2) is 4.79 Å². The van der Waals surface area contributed by atoms with Crippen LogP contribution in [0.5, 0.6) is 0 Å². The zero-order valence-electron chi connectivity index (χ0n) is 9.12. The minimum Gasteiger partial charge on any atom is -0.459 e. The molecule has 0 aromatic rings. The molecule has 86 valence electrons. The van der Waals surface area contributed by atoms with Crippen molar-refractivity contribution in [2.75, 3.05) is 13.2 Å². The van der Waals surface area contributed by atoms with E-state index in [1.54, 1.807) is 20.8 Å². The van der Waals surface area contributed by atoms with Gasteiger partial charge in [0.15, 0.2) is 0 Å². The highest BCUT2D eigenvalue weighted by Crippen LogP contribution is 1.79. The van der Waals surface area contributed by atoms with E-state index in [1.165, 1.54) is 0 Å². The van der Waals surface area contributed by atoms with E-state index >= 15 is 0 Å². The second-order valence-electron chi connectivity index (χ2n) is 3.13. The Balaban J connectivity index is 3.80. The van der Waals surface area contributed by atoms with Gasteiger partial charge in [0.1, 0.15) is 0 Å². The van der Waals surface area contributed by atoms with E-state index in [9.17, 15) is 14.4 Å². The van der Waals surface area contributed by atoms with Gasteiger partial charge in [-0.1, -0.05) is 0 Å². The van der Waals surface area contributed by atoms with Crippen molar-refractivity contribution in [2.45, 2.75) is 26.8 Å². The number of hydrogen-bond donors (Lipinski definition) is 2. The number of amides is 2. The average molecular weight is 216 g/mol. The van der Waals surface area contributed by atoms with Gasteiger partial charge < -0.3 is 15.4 Å². The van der Waals surface area contributed by atoms with Gasteiger partial charge in [-0.3, -0.25) is 9.59 Å². The standard InChI is InChI=1S/C9H16N2O4/c1-4-15-9(14)8(13)10-5-7(12)11-6(2)3/h6H,4-5H2,1-3H3,(H,10,13)(H,11,12). The predicted octanol–water partition coefficient (Wildman–Crippen LogP) is -0.810. The maximum atomic E-state index is 11.1. The van der Waals surface area contributed by atoms with Crippen molar-refractivity contribution in [2.24, 2.45) is 0 Å². The smallest absolute Gasteiger partial charge is 0.396 e. The third-order valence-electron chi connectivity index (χ3n) is 1.32. The van der Waals surface area contributed by atoms with Crippen LogP contribution >= 0.6 is 0 Å². The van der Waals surface area contributed by atoms with Crippen LogP contribution in [0.4, 0.5) is 0 Å². The minimum absolute atomic E-state index is 0.00278. The van der Waals surface area contributed by atoms with Gasteiger partial charge in [0.2, 0.25) is 5.91 Å². The second kappa shape index (κ2) is 6.80. The normalized spacial score (nSPS) is 9.60. The molecule has 0 aliphatic carbocycles. The summed E-state index contributed by atoms with van der Waals surface area (Å²) in [7, 11) is 0. The van der Waals surface area contributed by atoms with Gasteiger partial charge in [0.25, 0.3) is 0 Å². The van der Waals surface area contributed by atoms with E-state index in [1.807, 2.05) is 0 Å². The van der Waals surface area contributed by atoms with Crippen LogP contribution in [-0.2, 0) is 19.1 Å². The van der Waals surface area contributed by atoms with Crippen LogP contribution in [0.15, 0.2) is 0 Å². The summed E-state index contributed by atoms with van der Waals surface area (Å²) >= 11 is 0. The topological polar surface area (TPSA) is 84.5 Å². The largest absolute Gasteiger partial charge is 0.459 e. The van der Waals surface area contributed by atoms with E-state index in [0.717, 1.165) is 0 Å². The van der Waals surface area contributed by atoms with E-state index in [0.29, 0.717) is 0 Å². The molecule has 2 amide bonds. The monoisotopic (exact) mass is 216 g/mol.